The predicted octanol–water partition coefficient (Wildman–Crippen LogP) is 4.64. The van der Waals surface area contributed by atoms with Gasteiger partial charge in [-0.05, 0) is 55.3 Å². The summed E-state index contributed by atoms with van der Waals surface area (Å²) in [7, 11) is 0. The Morgan fingerprint density at radius 2 is 1.89 bits per heavy atom. The quantitative estimate of drug-likeness (QED) is 0.554. The van der Waals surface area contributed by atoms with E-state index in [0.29, 0.717) is 5.75 Å². The molecule has 6 nitrogen and oxygen atoms in total. The zero-order valence-electron chi connectivity index (χ0n) is 15.5. The van der Waals surface area contributed by atoms with Crippen molar-refractivity contribution < 1.29 is 18.3 Å². The van der Waals surface area contributed by atoms with E-state index < -0.39 is 6.10 Å². The van der Waals surface area contributed by atoms with Gasteiger partial charge in [-0.25, -0.2) is 4.39 Å². The normalized spacial score (nSPS) is 11.8. The van der Waals surface area contributed by atoms with E-state index in [-0.39, 0.29) is 28.6 Å². The summed E-state index contributed by atoms with van der Waals surface area (Å²) in [5.74, 6) is 0.419. The van der Waals surface area contributed by atoms with Crippen LogP contribution in [-0.2, 0) is 11.2 Å². The zero-order valence-corrected chi connectivity index (χ0v) is 16.3. The van der Waals surface area contributed by atoms with Crippen molar-refractivity contribution in [3.8, 4) is 5.75 Å². The molecule has 8 heteroatoms. The number of carbonyl (C=O) groups is 1. The highest BCUT2D eigenvalue weighted by molar-refractivity contribution is 7.99. The molecule has 1 aromatic heterocycles. The molecule has 0 fully saturated rings. The summed E-state index contributed by atoms with van der Waals surface area (Å²) in [6.07, 6.45) is 0.450. The van der Waals surface area contributed by atoms with Gasteiger partial charge in [0.05, 0.1) is 5.75 Å². The van der Waals surface area contributed by atoms with E-state index in [1.165, 1.54) is 29.8 Å². The molecule has 1 N–H and O–H groups in total. The number of anilines is 1. The van der Waals surface area contributed by atoms with E-state index in [9.17, 15) is 9.18 Å². The first kappa shape index (κ1) is 19.9. The summed E-state index contributed by atoms with van der Waals surface area (Å²) >= 11 is 1.14. The van der Waals surface area contributed by atoms with E-state index >= 15 is 0 Å². The lowest BCUT2D eigenvalue weighted by molar-refractivity contribution is -0.113. The van der Waals surface area contributed by atoms with Gasteiger partial charge in [-0.1, -0.05) is 30.8 Å². The second kappa shape index (κ2) is 9.36. The van der Waals surface area contributed by atoms with Crippen LogP contribution in [0.2, 0.25) is 0 Å². The second-order valence-corrected chi connectivity index (χ2v) is 6.93. The molecule has 1 atom stereocenters. The average molecular weight is 401 g/mol. The van der Waals surface area contributed by atoms with Gasteiger partial charge in [0.2, 0.25) is 5.91 Å². The lowest BCUT2D eigenvalue weighted by Gasteiger charge is -2.10. The smallest absolute Gasteiger partial charge is 0.277 e. The molecule has 146 valence electrons. The molecule has 0 spiro atoms. The SMILES string of the molecule is CCc1ccc(NC(=O)CSc2nnc([C@H](C)Oc3ccc(F)cc3)o2)cc1. The number of hydrogen-bond donors (Lipinski definition) is 1. The summed E-state index contributed by atoms with van der Waals surface area (Å²) in [6, 6.07) is 13.4. The highest BCUT2D eigenvalue weighted by Crippen LogP contribution is 2.24. The third-order valence-electron chi connectivity index (χ3n) is 3.87. The number of halogens is 1. The van der Waals surface area contributed by atoms with Gasteiger partial charge in [-0.2, -0.15) is 0 Å². The fourth-order valence-corrected chi connectivity index (χ4v) is 2.93. The molecule has 1 amide bonds. The van der Waals surface area contributed by atoms with E-state index in [1.54, 1.807) is 6.92 Å². The number of ether oxygens (including phenoxy) is 1. The molecule has 0 saturated heterocycles. The number of aryl methyl sites for hydroxylation is 1. The third kappa shape index (κ3) is 5.56. The van der Waals surface area contributed by atoms with Crippen molar-refractivity contribution >= 4 is 23.4 Å². The van der Waals surface area contributed by atoms with Crippen LogP contribution in [-0.4, -0.2) is 21.9 Å². The van der Waals surface area contributed by atoms with Crippen LogP contribution in [0.5, 0.6) is 5.75 Å². The molecular formula is C20H20FN3O3S. The van der Waals surface area contributed by atoms with Crippen LogP contribution in [0.3, 0.4) is 0 Å². The molecular weight excluding hydrogens is 381 g/mol. The minimum Gasteiger partial charge on any atom is -0.481 e. The van der Waals surface area contributed by atoms with Crippen molar-refractivity contribution in [3.05, 3.63) is 65.8 Å². The van der Waals surface area contributed by atoms with Crippen molar-refractivity contribution in [2.75, 3.05) is 11.1 Å². The summed E-state index contributed by atoms with van der Waals surface area (Å²) in [5.41, 5.74) is 1.96. The number of amides is 1. The van der Waals surface area contributed by atoms with Crippen LogP contribution in [0.25, 0.3) is 0 Å². The Kier molecular flexibility index (Phi) is 6.65. The first-order valence-corrected chi connectivity index (χ1v) is 9.79. The Hall–Kier alpha value is -2.87. The van der Waals surface area contributed by atoms with Crippen LogP contribution in [0, 0.1) is 5.82 Å². The standard InChI is InChI=1S/C20H20FN3O3S/c1-3-14-4-8-16(9-5-14)22-18(25)12-28-20-24-23-19(27-20)13(2)26-17-10-6-15(21)7-11-17/h4-11,13H,3,12H2,1-2H3,(H,22,25)/t13-/m0/s1. The fraction of sp³-hybridized carbons (Fsp3) is 0.250. The number of hydrogen-bond acceptors (Lipinski definition) is 6. The largest absolute Gasteiger partial charge is 0.481 e. The van der Waals surface area contributed by atoms with Crippen LogP contribution in [0.1, 0.15) is 31.4 Å². The van der Waals surface area contributed by atoms with E-state index in [4.69, 9.17) is 9.15 Å². The highest BCUT2D eigenvalue weighted by atomic mass is 32.2. The van der Waals surface area contributed by atoms with Crippen LogP contribution >= 0.6 is 11.8 Å². The van der Waals surface area contributed by atoms with E-state index in [0.717, 1.165) is 23.9 Å². The van der Waals surface area contributed by atoms with Gasteiger partial charge in [0.15, 0.2) is 6.10 Å². The third-order valence-corrected chi connectivity index (χ3v) is 4.69. The molecule has 0 saturated carbocycles. The molecule has 0 aliphatic heterocycles. The Bertz CT molecular complexity index is 913. The van der Waals surface area contributed by atoms with E-state index in [2.05, 4.69) is 22.4 Å². The van der Waals surface area contributed by atoms with Crippen molar-refractivity contribution in [1.82, 2.24) is 10.2 Å². The molecule has 28 heavy (non-hydrogen) atoms. The van der Waals surface area contributed by atoms with Crippen molar-refractivity contribution in [3.63, 3.8) is 0 Å². The predicted molar refractivity (Wildman–Crippen MR) is 105 cm³/mol. The second-order valence-electron chi connectivity index (χ2n) is 6.01. The molecule has 0 aliphatic carbocycles. The maximum atomic E-state index is 12.9. The summed E-state index contributed by atoms with van der Waals surface area (Å²) in [6.45, 7) is 3.83. The van der Waals surface area contributed by atoms with Crippen LogP contribution in [0.15, 0.2) is 58.2 Å². The lowest BCUT2D eigenvalue weighted by Crippen LogP contribution is -2.13. The molecule has 2 aromatic carbocycles. The number of aromatic nitrogens is 2. The molecule has 0 bridgehead atoms. The Balaban J connectivity index is 1.49. The summed E-state index contributed by atoms with van der Waals surface area (Å²) in [4.78, 5) is 12.1. The van der Waals surface area contributed by atoms with Gasteiger partial charge in [0.1, 0.15) is 11.6 Å². The molecule has 0 aliphatic rings. The van der Waals surface area contributed by atoms with Gasteiger partial charge in [0.25, 0.3) is 11.1 Å². The Labute approximate surface area is 166 Å². The van der Waals surface area contributed by atoms with Crippen molar-refractivity contribution in [2.45, 2.75) is 31.6 Å². The van der Waals surface area contributed by atoms with Crippen LogP contribution < -0.4 is 10.1 Å². The van der Waals surface area contributed by atoms with Crippen LogP contribution in [0.4, 0.5) is 10.1 Å². The maximum absolute atomic E-state index is 12.9. The fourth-order valence-electron chi connectivity index (χ4n) is 2.36. The first-order valence-electron chi connectivity index (χ1n) is 8.80. The van der Waals surface area contributed by atoms with Gasteiger partial charge >= 0.3 is 0 Å². The first-order chi connectivity index (χ1) is 13.5. The number of nitrogens with one attached hydrogen (secondary N) is 1. The van der Waals surface area contributed by atoms with Crippen molar-refractivity contribution in [2.24, 2.45) is 0 Å². The average Bonchev–Trinajstić information content (AvgIpc) is 3.18. The van der Waals surface area contributed by atoms with Crippen molar-refractivity contribution in [1.29, 1.82) is 0 Å². The molecule has 1 heterocycles. The van der Waals surface area contributed by atoms with Gasteiger partial charge in [0, 0.05) is 5.69 Å². The highest BCUT2D eigenvalue weighted by Gasteiger charge is 2.17. The number of rotatable bonds is 8. The summed E-state index contributed by atoms with van der Waals surface area (Å²) in [5, 5.41) is 11.0. The van der Waals surface area contributed by atoms with Gasteiger partial charge < -0.3 is 14.5 Å². The number of thioether (sulfide) groups is 1. The Morgan fingerprint density at radius 1 is 1.18 bits per heavy atom. The zero-order chi connectivity index (χ0) is 19.9. The maximum Gasteiger partial charge on any atom is 0.277 e. The molecule has 3 rings (SSSR count). The molecule has 0 unspecified atom stereocenters. The van der Waals surface area contributed by atoms with E-state index in [1.807, 2.05) is 24.3 Å². The topological polar surface area (TPSA) is 77.2 Å². The Morgan fingerprint density at radius 3 is 2.57 bits per heavy atom. The number of benzene rings is 2. The minimum atomic E-state index is -0.502. The molecule has 3 aromatic rings. The molecule has 0 radical (unpaired) electrons. The number of nitrogens with zero attached hydrogens (tertiary/aromatic N) is 2. The number of carbonyl (C=O) groups excluding carboxylic acids is 1. The summed E-state index contributed by atoms with van der Waals surface area (Å²) < 4.78 is 24.1. The minimum absolute atomic E-state index is 0.143. The monoisotopic (exact) mass is 401 g/mol. The lowest BCUT2D eigenvalue weighted by atomic mass is 10.1. The van der Waals surface area contributed by atoms with Gasteiger partial charge in [-0.3, -0.25) is 4.79 Å². The van der Waals surface area contributed by atoms with Gasteiger partial charge in [-0.15, -0.1) is 10.2 Å².